The molecule has 2 heterocycles. The fraction of sp³-hybridized carbons (Fsp3) is 0.294. The van der Waals surface area contributed by atoms with Gasteiger partial charge in [0, 0.05) is 25.0 Å². The van der Waals surface area contributed by atoms with Crippen LogP contribution in [0.3, 0.4) is 0 Å². The molecular weight excluding hydrogens is 584 g/mol. The Kier molecular flexibility index (Phi) is 8.46. The van der Waals surface area contributed by atoms with Crippen molar-refractivity contribution >= 4 is 17.8 Å². The van der Waals surface area contributed by atoms with Gasteiger partial charge in [0.25, 0.3) is 0 Å². The molecule has 0 saturated heterocycles. The van der Waals surface area contributed by atoms with E-state index >= 15 is 0 Å². The number of hydrogen-bond donors (Lipinski definition) is 1. The smallest absolute Gasteiger partial charge is 0.437 e. The molecule has 5 rings (SSSR count). The summed E-state index contributed by atoms with van der Waals surface area (Å²) < 4.78 is 43.0. The monoisotopic (exact) mass is 617 g/mol. The summed E-state index contributed by atoms with van der Waals surface area (Å²) in [5.41, 5.74) is 2.55. The van der Waals surface area contributed by atoms with Crippen LogP contribution >= 0.6 is 0 Å². The van der Waals surface area contributed by atoms with E-state index in [9.17, 15) is 28.3 Å². The van der Waals surface area contributed by atoms with Gasteiger partial charge in [0.2, 0.25) is 5.62 Å². The van der Waals surface area contributed by atoms with Crippen LogP contribution in [-0.4, -0.2) is 44.3 Å². The number of carbonyl (C=O) groups is 3. The van der Waals surface area contributed by atoms with E-state index in [1.165, 1.54) is 24.3 Å². The van der Waals surface area contributed by atoms with Crippen molar-refractivity contribution in [2.24, 2.45) is 18.0 Å². The summed E-state index contributed by atoms with van der Waals surface area (Å²) in [6, 6.07) is 11.7. The number of carboxylic acids is 1. The van der Waals surface area contributed by atoms with E-state index in [1.54, 1.807) is 68.4 Å². The number of aryl methyl sites for hydroxylation is 2. The number of ketones is 1. The van der Waals surface area contributed by atoms with E-state index < -0.39 is 40.8 Å². The predicted octanol–water partition coefficient (Wildman–Crippen LogP) is 6.10. The van der Waals surface area contributed by atoms with Crippen LogP contribution in [0.2, 0.25) is 0 Å². The normalized spacial score (nSPS) is 15.0. The molecule has 1 amide bonds. The average Bonchev–Trinajstić information content (AvgIpc) is 3.28. The molecule has 1 unspecified atom stereocenters. The molecule has 45 heavy (non-hydrogen) atoms. The largest absolute Gasteiger partial charge is 0.491 e. The molecule has 1 aromatic heterocycles. The van der Waals surface area contributed by atoms with Crippen molar-refractivity contribution in [1.82, 2.24) is 9.13 Å². The third kappa shape index (κ3) is 6.87. The van der Waals surface area contributed by atoms with Crippen LogP contribution in [0, 0.1) is 24.5 Å². The van der Waals surface area contributed by atoms with Crippen LogP contribution in [0.1, 0.15) is 58.2 Å². The van der Waals surface area contributed by atoms with Crippen LogP contribution in [0.25, 0.3) is 11.1 Å². The molecule has 0 spiro atoms. The van der Waals surface area contributed by atoms with Gasteiger partial charge in [-0.2, -0.15) is 0 Å². The number of imidazole rings is 1. The third-order valence-corrected chi connectivity index (χ3v) is 7.42. The number of nitrogens with zero attached hydrogens (tertiary/aromatic N) is 3. The van der Waals surface area contributed by atoms with Gasteiger partial charge in [-0.1, -0.05) is 12.1 Å². The highest BCUT2D eigenvalue weighted by Crippen LogP contribution is 2.40. The number of hydrogen-bond acceptors (Lipinski definition) is 5. The number of benzene rings is 3. The molecule has 4 aromatic rings. The van der Waals surface area contributed by atoms with E-state index in [0.29, 0.717) is 44.7 Å². The lowest BCUT2D eigenvalue weighted by molar-refractivity contribution is 0.0592. The molecule has 3 aromatic carbocycles. The molecule has 9 nitrogen and oxygen atoms in total. The van der Waals surface area contributed by atoms with Gasteiger partial charge in [0.05, 0.1) is 30.2 Å². The van der Waals surface area contributed by atoms with E-state index in [-0.39, 0.29) is 25.4 Å². The van der Waals surface area contributed by atoms with Crippen LogP contribution < -0.4 is 10.4 Å². The Hall–Kier alpha value is -5.06. The lowest BCUT2D eigenvalue weighted by Gasteiger charge is -2.27. The maximum atomic E-state index is 14.0. The van der Waals surface area contributed by atoms with Gasteiger partial charge in [-0.25, -0.2) is 18.4 Å². The predicted molar refractivity (Wildman–Crippen MR) is 161 cm³/mol. The quantitative estimate of drug-likeness (QED) is 0.280. The molecule has 234 valence electrons. The summed E-state index contributed by atoms with van der Waals surface area (Å²) >= 11 is 0. The van der Waals surface area contributed by atoms with Gasteiger partial charge in [-0.15, -0.1) is 4.99 Å². The second-order valence-corrected chi connectivity index (χ2v) is 12.1. The number of aromatic nitrogens is 2. The Morgan fingerprint density at radius 2 is 1.76 bits per heavy atom. The molecule has 0 saturated carbocycles. The molecule has 1 aliphatic heterocycles. The lowest BCUT2D eigenvalue weighted by atomic mass is 9.85. The molecule has 1 N–H and O–H groups in total. The van der Waals surface area contributed by atoms with Crippen molar-refractivity contribution in [1.29, 1.82) is 0 Å². The minimum atomic E-state index is -1.40. The summed E-state index contributed by atoms with van der Waals surface area (Å²) in [6.07, 6.45) is 2.89. The highest BCUT2D eigenvalue weighted by atomic mass is 19.1. The number of carboxylic acid groups (broad SMARTS) is 1. The summed E-state index contributed by atoms with van der Waals surface area (Å²) in [6.45, 7) is 7.26. The SMILES string of the molecule is Cc1cc(F)ccc1-c1cc(Cn2ccn(C)c2=NC(=O)OC(C)(C)C)cc2c1OCC(Cc1ccc(F)c(C(=O)O)c1)C2=O. The first-order valence-electron chi connectivity index (χ1n) is 14.3. The van der Waals surface area contributed by atoms with Crippen molar-refractivity contribution in [2.45, 2.75) is 46.3 Å². The van der Waals surface area contributed by atoms with Gasteiger partial charge in [0.15, 0.2) is 5.78 Å². The highest BCUT2D eigenvalue weighted by molar-refractivity contribution is 6.04. The summed E-state index contributed by atoms with van der Waals surface area (Å²) in [4.78, 5) is 42.1. The fourth-order valence-electron chi connectivity index (χ4n) is 5.37. The first kappa shape index (κ1) is 31.4. The first-order valence-corrected chi connectivity index (χ1v) is 14.3. The highest BCUT2D eigenvalue weighted by Gasteiger charge is 2.32. The summed E-state index contributed by atoms with van der Waals surface area (Å²) in [5.74, 6) is -3.18. The Morgan fingerprint density at radius 3 is 2.44 bits per heavy atom. The fourth-order valence-corrected chi connectivity index (χ4v) is 5.37. The van der Waals surface area contributed by atoms with Gasteiger partial charge >= 0.3 is 12.1 Å². The van der Waals surface area contributed by atoms with Crippen LogP contribution in [-0.2, 0) is 24.8 Å². The number of amides is 1. The number of rotatable bonds is 6. The maximum Gasteiger partial charge on any atom is 0.437 e. The molecule has 0 fully saturated rings. The summed E-state index contributed by atoms with van der Waals surface area (Å²) in [5, 5.41) is 9.34. The van der Waals surface area contributed by atoms with E-state index in [1.807, 2.05) is 6.07 Å². The minimum absolute atomic E-state index is 0.0184. The Bertz CT molecular complexity index is 1900. The van der Waals surface area contributed by atoms with Gasteiger partial charge in [-0.3, -0.25) is 4.79 Å². The van der Waals surface area contributed by atoms with Crippen molar-refractivity contribution in [2.75, 3.05) is 6.61 Å². The molecule has 0 aliphatic carbocycles. The average molecular weight is 618 g/mol. The Balaban J connectivity index is 1.57. The minimum Gasteiger partial charge on any atom is -0.491 e. The number of halogens is 2. The number of carbonyl (C=O) groups excluding carboxylic acids is 2. The summed E-state index contributed by atoms with van der Waals surface area (Å²) in [7, 11) is 1.74. The molecular formula is C34H33F2N3O6. The van der Waals surface area contributed by atoms with Crippen LogP contribution in [0.4, 0.5) is 13.6 Å². The van der Waals surface area contributed by atoms with Crippen molar-refractivity contribution in [3.05, 3.63) is 106 Å². The molecule has 1 atom stereocenters. The van der Waals surface area contributed by atoms with Crippen LogP contribution in [0.15, 0.2) is 65.9 Å². The standard InChI is InChI=1S/C34H33F2N3O6/c1-19-12-23(35)7-8-24(19)25-15-21(17-39-11-10-38(5)32(39)37-33(43)45-34(2,3)4)16-27-29(40)22(18-44-30(25)27)13-20-6-9-28(36)26(14-20)31(41)42/h6-12,14-16,22H,13,17-18H2,1-5H3,(H,41,42). The Morgan fingerprint density at radius 1 is 1.02 bits per heavy atom. The van der Waals surface area contributed by atoms with Gasteiger partial charge in [0.1, 0.15) is 23.0 Å². The molecule has 11 heteroatoms. The van der Waals surface area contributed by atoms with Crippen molar-refractivity contribution in [3.8, 4) is 16.9 Å². The molecule has 0 radical (unpaired) electrons. The zero-order valence-corrected chi connectivity index (χ0v) is 25.6. The number of aromatic carboxylic acids is 1. The van der Waals surface area contributed by atoms with Crippen molar-refractivity contribution < 1.29 is 37.7 Å². The topological polar surface area (TPSA) is 112 Å². The zero-order valence-electron chi connectivity index (χ0n) is 25.6. The molecule has 1 aliphatic rings. The molecule has 0 bridgehead atoms. The lowest BCUT2D eigenvalue weighted by Crippen LogP contribution is -2.31. The second kappa shape index (κ2) is 12.1. The Labute approximate surface area is 258 Å². The number of ether oxygens (including phenoxy) is 2. The van der Waals surface area contributed by atoms with E-state index in [0.717, 1.165) is 6.07 Å². The first-order chi connectivity index (χ1) is 21.2. The van der Waals surface area contributed by atoms with E-state index in [2.05, 4.69) is 4.99 Å². The van der Waals surface area contributed by atoms with E-state index in [4.69, 9.17) is 9.47 Å². The van der Waals surface area contributed by atoms with Gasteiger partial charge in [-0.05, 0) is 92.8 Å². The second-order valence-electron chi connectivity index (χ2n) is 12.1. The third-order valence-electron chi connectivity index (χ3n) is 7.42. The zero-order chi connectivity index (χ0) is 32.6. The number of Topliss-reactive ketones (excluding diaryl/α,β-unsaturated/α-hetero) is 1. The van der Waals surface area contributed by atoms with Gasteiger partial charge < -0.3 is 23.7 Å². The van der Waals surface area contributed by atoms with Crippen molar-refractivity contribution in [3.63, 3.8) is 0 Å². The number of fused-ring (bicyclic) bond motifs is 1. The van der Waals surface area contributed by atoms with Crippen LogP contribution in [0.5, 0.6) is 5.75 Å². The maximum absolute atomic E-state index is 14.0.